The molecule has 0 aliphatic heterocycles. The van der Waals surface area contributed by atoms with E-state index in [1.165, 1.54) is 6.20 Å². The number of nitrogens with zero attached hydrogens (tertiary/aromatic N) is 2. The summed E-state index contributed by atoms with van der Waals surface area (Å²) in [5, 5.41) is 2.70. The summed E-state index contributed by atoms with van der Waals surface area (Å²) in [6, 6.07) is 3.18. The monoisotopic (exact) mass is 208 g/mol. The molecule has 0 saturated heterocycles. The zero-order valence-corrected chi connectivity index (χ0v) is 9.19. The molecule has 5 heteroatoms. The third-order valence-electron chi connectivity index (χ3n) is 2.19. The van der Waals surface area contributed by atoms with E-state index in [2.05, 4.69) is 10.3 Å². The van der Waals surface area contributed by atoms with E-state index in [1.54, 1.807) is 12.1 Å². The number of nitrogen functional groups attached to an aromatic ring is 1. The fourth-order valence-electron chi connectivity index (χ4n) is 0.944. The summed E-state index contributed by atoms with van der Waals surface area (Å²) >= 11 is 0. The standard InChI is InChI=1S/C10H16N4O/c1-7(14(2)3)10(15)13-9-5-4-8(11)6-12-9/h4-7H,11H2,1-3H3,(H,12,13,15). The lowest BCUT2D eigenvalue weighted by molar-refractivity contribution is -0.119. The van der Waals surface area contributed by atoms with E-state index < -0.39 is 0 Å². The predicted octanol–water partition coefficient (Wildman–Crippen LogP) is 0.552. The number of aromatic nitrogens is 1. The van der Waals surface area contributed by atoms with Crippen LogP contribution >= 0.6 is 0 Å². The summed E-state index contributed by atoms with van der Waals surface area (Å²) in [5.74, 6) is 0.431. The first-order valence-corrected chi connectivity index (χ1v) is 4.69. The molecule has 15 heavy (non-hydrogen) atoms. The molecule has 3 N–H and O–H groups in total. The van der Waals surface area contributed by atoms with Crippen molar-refractivity contribution in [1.29, 1.82) is 0 Å². The van der Waals surface area contributed by atoms with Crippen LogP contribution in [0.15, 0.2) is 18.3 Å². The van der Waals surface area contributed by atoms with Gasteiger partial charge in [0.25, 0.3) is 0 Å². The molecule has 1 heterocycles. The number of hydrogen-bond acceptors (Lipinski definition) is 4. The van der Waals surface area contributed by atoms with Gasteiger partial charge < -0.3 is 11.1 Å². The van der Waals surface area contributed by atoms with Crippen molar-refractivity contribution >= 4 is 17.4 Å². The van der Waals surface area contributed by atoms with Gasteiger partial charge in [0.2, 0.25) is 5.91 Å². The topological polar surface area (TPSA) is 71.2 Å². The number of nitrogens with two attached hydrogens (primary N) is 1. The SMILES string of the molecule is CC(C(=O)Nc1ccc(N)cn1)N(C)C. The Balaban J connectivity index is 2.62. The van der Waals surface area contributed by atoms with E-state index in [1.807, 2.05) is 25.9 Å². The molecule has 1 rings (SSSR count). The van der Waals surface area contributed by atoms with Gasteiger partial charge in [-0.1, -0.05) is 0 Å². The summed E-state index contributed by atoms with van der Waals surface area (Å²) in [5.41, 5.74) is 6.06. The zero-order valence-electron chi connectivity index (χ0n) is 9.19. The maximum Gasteiger partial charge on any atom is 0.242 e. The molecule has 1 amide bonds. The minimum absolute atomic E-state index is 0.0859. The van der Waals surface area contributed by atoms with Gasteiger partial charge in [0, 0.05) is 0 Å². The first-order valence-electron chi connectivity index (χ1n) is 4.69. The van der Waals surface area contributed by atoms with Gasteiger partial charge in [0.1, 0.15) is 5.82 Å². The fraction of sp³-hybridized carbons (Fsp3) is 0.400. The molecule has 0 radical (unpaired) electrons. The Labute approximate surface area is 89.3 Å². The third-order valence-corrected chi connectivity index (χ3v) is 2.19. The van der Waals surface area contributed by atoms with E-state index in [-0.39, 0.29) is 11.9 Å². The Bertz CT molecular complexity index is 334. The minimum atomic E-state index is -0.190. The van der Waals surface area contributed by atoms with Crippen LogP contribution in [0.2, 0.25) is 0 Å². The van der Waals surface area contributed by atoms with Crippen molar-refractivity contribution < 1.29 is 4.79 Å². The van der Waals surface area contributed by atoms with Crippen LogP contribution in [0.5, 0.6) is 0 Å². The van der Waals surface area contributed by atoms with E-state index in [4.69, 9.17) is 5.73 Å². The van der Waals surface area contributed by atoms with Gasteiger partial charge >= 0.3 is 0 Å². The van der Waals surface area contributed by atoms with Crippen molar-refractivity contribution in [3.8, 4) is 0 Å². The van der Waals surface area contributed by atoms with Crippen molar-refractivity contribution in [3.63, 3.8) is 0 Å². The summed E-state index contributed by atoms with van der Waals surface area (Å²) in [4.78, 5) is 17.4. The number of likely N-dealkylation sites (N-methyl/N-ethyl adjacent to an activating group) is 1. The molecule has 1 aromatic heterocycles. The number of carbonyl (C=O) groups is 1. The van der Waals surface area contributed by atoms with Gasteiger partial charge in [-0.15, -0.1) is 0 Å². The van der Waals surface area contributed by atoms with Crippen molar-refractivity contribution in [2.75, 3.05) is 25.1 Å². The first kappa shape index (κ1) is 11.5. The lowest BCUT2D eigenvalue weighted by Gasteiger charge is -2.18. The summed E-state index contributed by atoms with van der Waals surface area (Å²) < 4.78 is 0. The van der Waals surface area contributed by atoms with E-state index in [0.29, 0.717) is 11.5 Å². The van der Waals surface area contributed by atoms with Gasteiger partial charge in [-0.2, -0.15) is 0 Å². The average molecular weight is 208 g/mol. The normalized spacial score (nSPS) is 12.5. The number of rotatable bonds is 3. The molecule has 0 bridgehead atoms. The summed E-state index contributed by atoms with van der Waals surface area (Å²) in [6.07, 6.45) is 1.51. The number of anilines is 2. The van der Waals surface area contributed by atoms with Gasteiger partial charge in [-0.05, 0) is 33.2 Å². The average Bonchev–Trinajstić information content (AvgIpc) is 2.20. The second-order valence-electron chi connectivity index (χ2n) is 3.61. The number of amides is 1. The summed E-state index contributed by atoms with van der Waals surface area (Å²) in [7, 11) is 3.70. The molecule has 0 spiro atoms. The molecule has 5 nitrogen and oxygen atoms in total. The second kappa shape index (κ2) is 4.75. The Kier molecular flexibility index (Phi) is 3.62. The maximum atomic E-state index is 11.6. The predicted molar refractivity (Wildman–Crippen MR) is 60.4 cm³/mol. The van der Waals surface area contributed by atoms with Crippen molar-refractivity contribution in [2.45, 2.75) is 13.0 Å². The molecule has 1 unspecified atom stereocenters. The van der Waals surface area contributed by atoms with E-state index >= 15 is 0 Å². The van der Waals surface area contributed by atoms with Crippen LogP contribution in [0.25, 0.3) is 0 Å². The smallest absolute Gasteiger partial charge is 0.242 e. The Morgan fingerprint density at radius 2 is 2.20 bits per heavy atom. The Morgan fingerprint density at radius 1 is 1.53 bits per heavy atom. The highest BCUT2D eigenvalue weighted by atomic mass is 16.2. The van der Waals surface area contributed by atoms with Crippen LogP contribution in [0.4, 0.5) is 11.5 Å². The van der Waals surface area contributed by atoms with Crippen LogP contribution in [-0.2, 0) is 4.79 Å². The molecule has 0 aliphatic rings. The molecular weight excluding hydrogens is 192 g/mol. The Hall–Kier alpha value is -1.62. The van der Waals surface area contributed by atoms with Crippen LogP contribution in [0, 0.1) is 0 Å². The van der Waals surface area contributed by atoms with E-state index in [9.17, 15) is 4.79 Å². The molecule has 0 fully saturated rings. The molecule has 0 aliphatic carbocycles. The van der Waals surface area contributed by atoms with Crippen molar-refractivity contribution in [1.82, 2.24) is 9.88 Å². The van der Waals surface area contributed by atoms with Crippen LogP contribution < -0.4 is 11.1 Å². The molecule has 0 aromatic carbocycles. The molecule has 82 valence electrons. The lowest BCUT2D eigenvalue weighted by Crippen LogP contribution is -2.37. The molecular formula is C10H16N4O. The third kappa shape index (κ3) is 3.21. The highest BCUT2D eigenvalue weighted by Crippen LogP contribution is 2.06. The maximum absolute atomic E-state index is 11.6. The minimum Gasteiger partial charge on any atom is -0.397 e. The molecule has 1 atom stereocenters. The van der Waals surface area contributed by atoms with Gasteiger partial charge in [-0.3, -0.25) is 9.69 Å². The lowest BCUT2D eigenvalue weighted by atomic mass is 10.3. The second-order valence-corrected chi connectivity index (χ2v) is 3.61. The van der Waals surface area contributed by atoms with Crippen molar-refractivity contribution in [2.24, 2.45) is 0 Å². The fourth-order valence-corrected chi connectivity index (χ4v) is 0.944. The molecule has 0 saturated carbocycles. The largest absolute Gasteiger partial charge is 0.397 e. The quantitative estimate of drug-likeness (QED) is 0.761. The summed E-state index contributed by atoms with van der Waals surface area (Å²) in [6.45, 7) is 1.83. The van der Waals surface area contributed by atoms with Crippen molar-refractivity contribution in [3.05, 3.63) is 18.3 Å². The number of carbonyl (C=O) groups excluding carboxylic acids is 1. The van der Waals surface area contributed by atoms with Gasteiger partial charge in [0.05, 0.1) is 17.9 Å². The highest BCUT2D eigenvalue weighted by molar-refractivity contribution is 5.93. The van der Waals surface area contributed by atoms with E-state index in [0.717, 1.165) is 0 Å². The van der Waals surface area contributed by atoms with Crippen LogP contribution in [-0.4, -0.2) is 35.9 Å². The number of hydrogen-bond donors (Lipinski definition) is 2. The number of nitrogens with one attached hydrogen (secondary N) is 1. The Morgan fingerprint density at radius 3 is 2.67 bits per heavy atom. The van der Waals surface area contributed by atoms with Crippen LogP contribution in [0.1, 0.15) is 6.92 Å². The number of pyridine rings is 1. The van der Waals surface area contributed by atoms with Gasteiger partial charge in [0.15, 0.2) is 0 Å². The highest BCUT2D eigenvalue weighted by Gasteiger charge is 2.14. The first-order chi connectivity index (χ1) is 7.00. The molecule has 1 aromatic rings. The zero-order chi connectivity index (χ0) is 11.4. The van der Waals surface area contributed by atoms with Gasteiger partial charge in [-0.25, -0.2) is 4.98 Å². The van der Waals surface area contributed by atoms with Crippen LogP contribution in [0.3, 0.4) is 0 Å².